The van der Waals surface area contributed by atoms with Crippen molar-refractivity contribution >= 4 is 23.0 Å². The molecule has 2 aromatic carbocycles. The molecular formula is C15H13ClF2N2O4. The van der Waals surface area contributed by atoms with Crippen molar-refractivity contribution in [3.63, 3.8) is 0 Å². The Bertz CT molecular complexity index is 743. The van der Waals surface area contributed by atoms with Crippen molar-refractivity contribution in [1.82, 2.24) is 0 Å². The summed E-state index contributed by atoms with van der Waals surface area (Å²) in [5.74, 6) is 0.0499. The molecule has 0 aromatic heterocycles. The van der Waals surface area contributed by atoms with Crippen LogP contribution in [0.5, 0.6) is 11.5 Å². The van der Waals surface area contributed by atoms with Crippen LogP contribution in [0.1, 0.15) is 5.56 Å². The van der Waals surface area contributed by atoms with Crippen LogP contribution >= 0.6 is 11.6 Å². The normalized spacial score (nSPS) is 10.5. The summed E-state index contributed by atoms with van der Waals surface area (Å²) in [6.07, 6.45) is 0. The minimum atomic E-state index is -2.96. The van der Waals surface area contributed by atoms with Gasteiger partial charge in [-0.1, -0.05) is 17.7 Å². The van der Waals surface area contributed by atoms with Gasteiger partial charge < -0.3 is 14.8 Å². The molecular weight excluding hydrogens is 346 g/mol. The van der Waals surface area contributed by atoms with Crippen molar-refractivity contribution in [2.75, 3.05) is 12.4 Å². The topological polar surface area (TPSA) is 73.6 Å². The molecule has 0 aliphatic heterocycles. The van der Waals surface area contributed by atoms with Crippen LogP contribution in [0.3, 0.4) is 0 Å². The fraction of sp³-hybridized carbons (Fsp3) is 0.200. The van der Waals surface area contributed by atoms with E-state index in [1.807, 2.05) is 0 Å². The lowest BCUT2D eigenvalue weighted by molar-refractivity contribution is -0.383. The summed E-state index contributed by atoms with van der Waals surface area (Å²) >= 11 is 5.75. The highest BCUT2D eigenvalue weighted by atomic mass is 35.5. The second kappa shape index (κ2) is 7.78. The molecule has 0 heterocycles. The minimum absolute atomic E-state index is 0.0891. The first-order valence-corrected chi connectivity index (χ1v) is 7.08. The Balaban J connectivity index is 2.16. The smallest absolute Gasteiger partial charge is 0.387 e. The summed E-state index contributed by atoms with van der Waals surface area (Å²) in [5.41, 5.74) is 0.793. The summed E-state index contributed by atoms with van der Waals surface area (Å²) in [6, 6.07) is 8.66. The van der Waals surface area contributed by atoms with E-state index in [1.54, 1.807) is 6.07 Å². The number of nitro groups is 1. The van der Waals surface area contributed by atoms with Gasteiger partial charge >= 0.3 is 6.61 Å². The quantitative estimate of drug-likeness (QED) is 0.584. The minimum Gasteiger partial charge on any atom is -0.493 e. The SMILES string of the molecule is COc1cc(CNc2ccc(Cl)cc2[N+](=O)[O-])ccc1OC(F)F. The highest BCUT2D eigenvalue weighted by molar-refractivity contribution is 6.30. The summed E-state index contributed by atoms with van der Waals surface area (Å²) < 4.78 is 33.9. The Labute approximate surface area is 141 Å². The molecule has 128 valence electrons. The molecule has 0 atom stereocenters. The first-order chi connectivity index (χ1) is 11.4. The Morgan fingerprint density at radius 3 is 2.62 bits per heavy atom. The van der Waals surface area contributed by atoms with Crippen LogP contribution in [0.4, 0.5) is 20.2 Å². The highest BCUT2D eigenvalue weighted by Gasteiger charge is 2.15. The predicted octanol–water partition coefficient (Wildman–Crippen LogP) is 4.47. The number of alkyl halides is 2. The van der Waals surface area contributed by atoms with Gasteiger partial charge in [-0.15, -0.1) is 0 Å². The third-order valence-electron chi connectivity index (χ3n) is 3.08. The van der Waals surface area contributed by atoms with E-state index in [1.165, 1.54) is 37.4 Å². The molecule has 0 saturated heterocycles. The van der Waals surface area contributed by atoms with E-state index < -0.39 is 11.5 Å². The third-order valence-corrected chi connectivity index (χ3v) is 3.32. The second-order valence-corrected chi connectivity index (χ2v) is 5.07. The van der Waals surface area contributed by atoms with Gasteiger partial charge in [-0.25, -0.2) is 0 Å². The molecule has 24 heavy (non-hydrogen) atoms. The zero-order valence-corrected chi connectivity index (χ0v) is 13.2. The molecule has 0 bridgehead atoms. The van der Waals surface area contributed by atoms with Gasteiger partial charge in [0.05, 0.1) is 12.0 Å². The first kappa shape index (κ1) is 17.7. The monoisotopic (exact) mass is 358 g/mol. The van der Waals surface area contributed by atoms with Crippen LogP contribution in [0.15, 0.2) is 36.4 Å². The highest BCUT2D eigenvalue weighted by Crippen LogP contribution is 2.31. The van der Waals surface area contributed by atoms with E-state index in [2.05, 4.69) is 10.1 Å². The maximum absolute atomic E-state index is 12.3. The van der Waals surface area contributed by atoms with Gasteiger partial charge in [0.1, 0.15) is 5.69 Å². The van der Waals surface area contributed by atoms with Crippen molar-refractivity contribution in [3.05, 3.63) is 57.1 Å². The predicted molar refractivity (Wildman–Crippen MR) is 85.1 cm³/mol. The molecule has 0 saturated carbocycles. The number of anilines is 1. The lowest BCUT2D eigenvalue weighted by atomic mass is 10.2. The molecule has 2 rings (SSSR count). The molecule has 0 unspecified atom stereocenters. The average Bonchev–Trinajstić information content (AvgIpc) is 2.54. The molecule has 6 nitrogen and oxygen atoms in total. The van der Waals surface area contributed by atoms with E-state index in [9.17, 15) is 18.9 Å². The number of hydrogen-bond donors (Lipinski definition) is 1. The number of benzene rings is 2. The van der Waals surface area contributed by atoms with Gasteiger partial charge in [0, 0.05) is 17.6 Å². The zero-order valence-electron chi connectivity index (χ0n) is 12.5. The average molecular weight is 359 g/mol. The van der Waals surface area contributed by atoms with E-state index in [0.29, 0.717) is 5.56 Å². The lowest BCUT2D eigenvalue weighted by Crippen LogP contribution is -2.05. The molecule has 0 amide bonds. The van der Waals surface area contributed by atoms with E-state index in [-0.39, 0.29) is 34.4 Å². The molecule has 0 aliphatic carbocycles. The standard InChI is InChI=1S/C15H13ClF2N2O4/c1-23-14-6-9(2-5-13(14)24-15(17)18)8-19-11-4-3-10(16)7-12(11)20(21)22/h2-7,15,19H,8H2,1H3. The number of hydrogen-bond acceptors (Lipinski definition) is 5. The fourth-order valence-corrected chi connectivity index (χ4v) is 2.18. The van der Waals surface area contributed by atoms with Crippen molar-refractivity contribution < 1.29 is 23.2 Å². The summed E-state index contributed by atoms with van der Waals surface area (Å²) in [7, 11) is 1.33. The van der Waals surface area contributed by atoms with Gasteiger partial charge in [0.2, 0.25) is 0 Å². The van der Waals surface area contributed by atoms with Crippen molar-refractivity contribution in [2.45, 2.75) is 13.2 Å². The molecule has 9 heteroatoms. The van der Waals surface area contributed by atoms with E-state index in [0.717, 1.165) is 0 Å². The number of methoxy groups -OCH3 is 1. The summed E-state index contributed by atoms with van der Waals surface area (Å²) in [6.45, 7) is -2.74. The number of nitro benzene ring substituents is 1. The van der Waals surface area contributed by atoms with E-state index >= 15 is 0 Å². The van der Waals surface area contributed by atoms with E-state index in [4.69, 9.17) is 16.3 Å². The van der Waals surface area contributed by atoms with Crippen LogP contribution in [-0.4, -0.2) is 18.6 Å². The maximum atomic E-state index is 12.3. The Hall–Kier alpha value is -2.61. The number of rotatable bonds is 7. The zero-order chi connectivity index (χ0) is 17.7. The Kier molecular flexibility index (Phi) is 5.75. The maximum Gasteiger partial charge on any atom is 0.387 e. The van der Waals surface area contributed by atoms with Crippen LogP contribution in [0, 0.1) is 10.1 Å². The fourth-order valence-electron chi connectivity index (χ4n) is 2.02. The number of halogens is 3. The second-order valence-electron chi connectivity index (χ2n) is 4.64. The molecule has 0 spiro atoms. The van der Waals surface area contributed by atoms with Crippen molar-refractivity contribution in [1.29, 1.82) is 0 Å². The van der Waals surface area contributed by atoms with Gasteiger partial charge in [-0.3, -0.25) is 10.1 Å². The number of nitrogens with one attached hydrogen (secondary N) is 1. The molecule has 0 aliphatic rings. The molecule has 2 aromatic rings. The third kappa shape index (κ3) is 4.45. The van der Waals surface area contributed by atoms with Crippen molar-refractivity contribution in [3.8, 4) is 11.5 Å². The van der Waals surface area contributed by atoms with Crippen LogP contribution in [-0.2, 0) is 6.54 Å². The van der Waals surface area contributed by atoms with Gasteiger partial charge in [0.15, 0.2) is 11.5 Å². The van der Waals surface area contributed by atoms with Gasteiger partial charge in [0.25, 0.3) is 5.69 Å². The molecule has 0 fully saturated rings. The summed E-state index contributed by atoms with van der Waals surface area (Å²) in [4.78, 5) is 10.5. The Morgan fingerprint density at radius 2 is 2.00 bits per heavy atom. The number of nitrogens with zero attached hydrogens (tertiary/aromatic N) is 1. The largest absolute Gasteiger partial charge is 0.493 e. The number of ether oxygens (including phenoxy) is 2. The van der Waals surface area contributed by atoms with Crippen LogP contribution < -0.4 is 14.8 Å². The molecule has 0 radical (unpaired) electrons. The lowest BCUT2D eigenvalue weighted by Gasteiger charge is -2.12. The Morgan fingerprint density at radius 1 is 1.25 bits per heavy atom. The van der Waals surface area contributed by atoms with Gasteiger partial charge in [-0.05, 0) is 29.8 Å². The van der Waals surface area contributed by atoms with Crippen LogP contribution in [0.25, 0.3) is 0 Å². The van der Waals surface area contributed by atoms with Crippen molar-refractivity contribution in [2.24, 2.45) is 0 Å². The molecule has 1 N–H and O–H groups in total. The summed E-state index contributed by atoms with van der Waals surface area (Å²) in [5, 5.41) is 14.2. The first-order valence-electron chi connectivity index (χ1n) is 6.70. The van der Waals surface area contributed by atoms with Crippen LogP contribution in [0.2, 0.25) is 5.02 Å². The van der Waals surface area contributed by atoms with Gasteiger partial charge in [-0.2, -0.15) is 8.78 Å².